The predicted molar refractivity (Wildman–Crippen MR) is 116 cm³/mol. The molecule has 16 heteroatoms. The van der Waals surface area contributed by atoms with Gasteiger partial charge in [0.05, 0.1) is 23.5 Å². The van der Waals surface area contributed by atoms with E-state index in [0.29, 0.717) is 11.2 Å². The van der Waals surface area contributed by atoms with Crippen molar-refractivity contribution in [3.05, 3.63) is 46.7 Å². The number of aryl methyl sites for hydroxylation is 1. The van der Waals surface area contributed by atoms with Crippen molar-refractivity contribution in [3.63, 3.8) is 0 Å². The van der Waals surface area contributed by atoms with Gasteiger partial charge in [-0.15, -0.1) is 8.78 Å². The molecule has 1 amide bonds. The average molecular weight is 530 g/mol. The van der Waals surface area contributed by atoms with Gasteiger partial charge in [0.1, 0.15) is 17.0 Å². The fourth-order valence-corrected chi connectivity index (χ4v) is 3.91. The summed E-state index contributed by atoms with van der Waals surface area (Å²) in [6.45, 7) is 0.443. The van der Waals surface area contributed by atoms with Gasteiger partial charge in [0.15, 0.2) is 17.3 Å². The number of hydrazone groups is 1. The molecule has 0 fully saturated rings. The molecule has 10 nitrogen and oxygen atoms in total. The predicted octanol–water partition coefficient (Wildman–Crippen LogP) is 4.04. The molecular formula is C20H13ClF5N7O3. The fourth-order valence-electron chi connectivity index (χ4n) is 3.66. The summed E-state index contributed by atoms with van der Waals surface area (Å²) in [6, 6.07) is 4.67. The van der Waals surface area contributed by atoms with E-state index in [1.54, 1.807) is 6.21 Å². The molecule has 2 aliphatic rings. The smallest absolute Gasteiger partial charge is 0.395 e. The first kappa shape index (κ1) is 23.7. The van der Waals surface area contributed by atoms with Gasteiger partial charge >= 0.3 is 12.5 Å². The van der Waals surface area contributed by atoms with Crippen LogP contribution >= 0.6 is 11.6 Å². The first-order valence-corrected chi connectivity index (χ1v) is 10.4. The summed E-state index contributed by atoms with van der Waals surface area (Å²) in [5.41, 5.74) is -0.728. The Morgan fingerprint density at radius 1 is 1.28 bits per heavy atom. The summed E-state index contributed by atoms with van der Waals surface area (Å²) in [5, 5.41) is 11.4. The number of para-hydroxylation sites is 1. The average Bonchev–Trinajstić information content (AvgIpc) is 3.49. The quantitative estimate of drug-likeness (QED) is 0.491. The van der Waals surface area contributed by atoms with E-state index < -0.39 is 52.4 Å². The third kappa shape index (κ3) is 4.15. The molecule has 0 saturated heterocycles. The lowest BCUT2D eigenvalue weighted by Gasteiger charge is -2.15. The third-order valence-corrected chi connectivity index (χ3v) is 5.32. The highest BCUT2D eigenvalue weighted by Crippen LogP contribution is 2.49. The lowest BCUT2D eigenvalue weighted by Crippen LogP contribution is -2.29. The Balaban J connectivity index is 1.53. The number of carbonyl (C=O) groups is 1. The Labute approximate surface area is 203 Å². The van der Waals surface area contributed by atoms with Crippen LogP contribution in [0.25, 0.3) is 11.3 Å². The van der Waals surface area contributed by atoms with E-state index in [1.165, 1.54) is 23.4 Å². The third-order valence-electron chi connectivity index (χ3n) is 5.04. The second-order valence-electron chi connectivity index (χ2n) is 7.45. The number of rotatable bonds is 4. The lowest BCUT2D eigenvalue weighted by atomic mass is 10.0. The van der Waals surface area contributed by atoms with Gasteiger partial charge in [-0.3, -0.25) is 9.48 Å². The molecule has 3 aromatic rings. The Morgan fingerprint density at radius 2 is 2.06 bits per heavy atom. The highest BCUT2D eigenvalue weighted by Gasteiger charge is 2.47. The number of aromatic nitrogens is 3. The van der Waals surface area contributed by atoms with Crippen LogP contribution in [0.5, 0.6) is 11.5 Å². The molecule has 4 heterocycles. The largest absolute Gasteiger partial charge is 0.586 e. The first-order valence-electron chi connectivity index (χ1n) is 10.0. The maximum atomic E-state index is 14.2. The molecule has 2 aliphatic heterocycles. The molecular weight excluding hydrogens is 517 g/mol. The van der Waals surface area contributed by atoms with Gasteiger partial charge in [-0.05, 0) is 18.2 Å². The van der Waals surface area contributed by atoms with E-state index in [1.807, 2.05) is 0 Å². The number of pyridine rings is 1. The van der Waals surface area contributed by atoms with Crippen LogP contribution in [0.15, 0.2) is 35.6 Å². The van der Waals surface area contributed by atoms with Gasteiger partial charge in [-0.1, -0.05) is 17.7 Å². The van der Waals surface area contributed by atoms with E-state index >= 15 is 0 Å². The molecule has 2 aromatic heterocycles. The van der Waals surface area contributed by atoms with Crippen LogP contribution in [0.2, 0.25) is 5.02 Å². The van der Waals surface area contributed by atoms with E-state index in [-0.39, 0.29) is 16.5 Å². The number of benzene rings is 1. The number of hydrogen-bond donors (Lipinski definition) is 2. The van der Waals surface area contributed by atoms with Crippen LogP contribution in [-0.2, 0) is 13.2 Å². The van der Waals surface area contributed by atoms with Gasteiger partial charge in [-0.25, -0.2) is 10.4 Å². The minimum absolute atomic E-state index is 0.00946. The number of hydrogen-bond acceptors (Lipinski definition) is 8. The summed E-state index contributed by atoms with van der Waals surface area (Å²) in [6.07, 6.45) is -6.43. The topological polar surface area (TPSA) is 106 Å². The molecule has 36 heavy (non-hydrogen) atoms. The number of hydrazine groups is 1. The Kier molecular flexibility index (Phi) is 5.48. The normalized spacial score (nSPS) is 16.0. The zero-order chi connectivity index (χ0) is 25.8. The van der Waals surface area contributed by atoms with E-state index in [2.05, 4.69) is 35.4 Å². The van der Waals surface area contributed by atoms with E-state index in [0.717, 1.165) is 19.2 Å². The molecule has 188 valence electrons. The van der Waals surface area contributed by atoms with Gasteiger partial charge in [0.25, 0.3) is 5.91 Å². The summed E-state index contributed by atoms with van der Waals surface area (Å²) in [7, 11) is 1.11. The van der Waals surface area contributed by atoms with Crippen LogP contribution in [0.3, 0.4) is 0 Å². The Hall–Kier alpha value is -3.98. The maximum absolute atomic E-state index is 14.2. The highest BCUT2D eigenvalue weighted by molar-refractivity contribution is 6.33. The van der Waals surface area contributed by atoms with Gasteiger partial charge in [0.2, 0.25) is 0 Å². The highest BCUT2D eigenvalue weighted by atomic mass is 35.5. The molecule has 0 aliphatic carbocycles. The molecule has 5 rings (SSSR count). The van der Waals surface area contributed by atoms with Crippen molar-refractivity contribution in [2.75, 3.05) is 17.0 Å². The van der Waals surface area contributed by atoms with Crippen LogP contribution in [0.4, 0.5) is 33.5 Å². The number of alkyl halides is 5. The minimum atomic E-state index is -5.10. The fraction of sp³-hybridized carbons (Fsp3) is 0.200. The molecule has 0 spiro atoms. The molecule has 0 unspecified atom stereocenters. The van der Waals surface area contributed by atoms with Crippen molar-refractivity contribution in [2.24, 2.45) is 12.1 Å². The summed E-state index contributed by atoms with van der Waals surface area (Å²) >= 11 is 6.18. The summed E-state index contributed by atoms with van der Waals surface area (Å²) < 4.78 is 79.2. The number of halogens is 6. The number of ether oxygens (including phenoxy) is 2. The lowest BCUT2D eigenvalue weighted by molar-refractivity contribution is -0.286. The Morgan fingerprint density at radius 3 is 2.72 bits per heavy atom. The summed E-state index contributed by atoms with van der Waals surface area (Å²) in [5.74, 6) is -2.09. The molecule has 0 radical (unpaired) electrons. The number of carbonyl (C=O) groups excluding carboxylic acids is 1. The number of amides is 1. The standard InChI is InChI=1S/C20H13ClF5N7O3/c1-32-15(18(34)30-9-7-11(21)17(27-8-9)33-28-5-6-29-33)13(19(22,23)24)14(31-32)10-3-2-4-12-16(10)36-20(25,26)35-12/h2-5,7-8,29H,6H2,1H3,(H,30,34). The molecule has 1 aromatic carbocycles. The number of nitrogens with one attached hydrogen (secondary N) is 2. The van der Waals surface area contributed by atoms with Gasteiger partial charge in [-0.2, -0.15) is 28.5 Å². The maximum Gasteiger partial charge on any atom is 0.586 e. The van der Waals surface area contributed by atoms with E-state index in [9.17, 15) is 26.7 Å². The molecule has 0 bridgehead atoms. The summed E-state index contributed by atoms with van der Waals surface area (Å²) in [4.78, 5) is 17.0. The van der Waals surface area contributed by atoms with Crippen LogP contribution in [0.1, 0.15) is 16.1 Å². The van der Waals surface area contributed by atoms with Crippen LogP contribution < -0.4 is 25.3 Å². The van der Waals surface area contributed by atoms with Crippen LogP contribution in [-0.4, -0.2) is 39.7 Å². The van der Waals surface area contributed by atoms with E-state index in [4.69, 9.17) is 11.6 Å². The number of anilines is 2. The zero-order valence-corrected chi connectivity index (χ0v) is 18.7. The first-order chi connectivity index (χ1) is 16.9. The second kappa shape index (κ2) is 8.30. The monoisotopic (exact) mass is 529 g/mol. The number of fused-ring (bicyclic) bond motifs is 1. The van der Waals surface area contributed by atoms with Gasteiger partial charge in [0, 0.05) is 18.8 Å². The molecule has 0 atom stereocenters. The van der Waals surface area contributed by atoms with Crippen molar-refractivity contribution in [1.29, 1.82) is 0 Å². The number of nitrogens with zero attached hydrogens (tertiary/aromatic N) is 5. The van der Waals surface area contributed by atoms with Crippen molar-refractivity contribution >= 4 is 35.2 Å². The molecule has 0 saturated carbocycles. The minimum Gasteiger partial charge on any atom is -0.395 e. The van der Waals surface area contributed by atoms with Crippen molar-refractivity contribution in [2.45, 2.75) is 12.5 Å². The van der Waals surface area contributed by atoms with Crippen molar-refractivity contribution < 1.29 is 36.2 Å². The zero-order valence-electron chi connectivity index (χ0n) is 17.9. The Bertz CT molecular complexity index is 1410. The SMILES string of the molecule is Cn1nc(-c2cccc3c2OC(F)(F)O3)c(C(F)(F)F)c1C(=O)Nc1cnc(N2N=CCN2)c(Cl)c1. The van der Waals surface area contributed by atoms with Crippen molar-refractivity contribution in [1.82, 2.24) is 20.2 Å². The second-order valence-corrected chi connectivity index (χ2v) is 7.86. The van der Waals surface area contributed by atoms with Crippen molar-refractivity contribution in [3.8, 4) is 22.8 Å². The van der Waals surface area contributed by atoms with Crippen LogP contribution in [0, 0.1) is 0 Å². The molecule has 2 N–H and O–H groups in total. The van der Waals surface area contributed by atoms with Gasteiger partial charge < -0.3 is 14.8 Å².